The second-order valence-electron chi connectivity index (χ2n) is 3.59. The van der Waals surface area contributed by atoms with Crippen LogP contribution in [0.4, 0.5) is 0 Å². The Bertz CT molecular complexity index is 540. The van der Waals surface area contributed by atoms with Crippen LogP contribution in [0.3, 0.4) is 0 Å². The summed E-state index contributed by atoms with van der Waals surface area (Å²) in [6.07, 6.45) is 0. The highest BCUT2D eigenvalue weighted by atomic mass is 16.7. The van der Waals surface area contributed by atoms with Gasteiger partial charge in [-0.1, -0.05) is 17.7 Å². The number of hydrogen-bond acceptors (Lipinski definition) is 4. The molecule has 0 bridgehead atoms. The Morgan fingerprint density at radius 1 is 1.18 bits per heavy atom. The molecule has 0 aliphatic rings. The monoisotopic (exact) mass is 233 g/mol. The highest BCUT2D eigenvalue weighted by Gasteiger charge is 2.13. The van der Waals surface area contributed by atoms with E-state index in [-0.39, 0.29) is 11.8 Å². The molecule has 0 aliphatic heterocycles. The number of benzene rings is 1. The molecule has 0 fully saturated rings. The van der Waals surface area contributed by atoms with E-state index >= 15 is 0 Å². The van der Waals surface area contributed by atoms with E-state index in [0.717, 1.165) is 5.56 Å². The Hall–Kier alpha value is -2.43. The van der Waals surface area contributed by atoms with E-state index in [4.69, 9.17) is 4.84 Å². The molecule has 0 aliphatic carbocycles. The van der Waals surface area contributed by atoms with E-state index < -0.39 is 5.97 Å². The van der Waals surface area contributed by atoms with E-state index in [2.05, 4.69) is 0 Å². The number of carbonyl (C=O) groups excluding carboxylic acids is 1. The van der Waals surface area contributed by atoms with Gasteiger partial charge in [0.15, 0.2) is 0 Å². The number of hydrogen-bond donors (Lipinski definition) is 2. The SMILES string of the molecule is Cc1cccc(C(=O)On2c(O)ccc2O)c1. The molecule has 0 saturated carbocycles. The molecular formula is C12H11NO4. The van der Waals surface area contributed by atoms with Crippen molar-refractivity contribution in [1.82, 2.24) is 4.73 Å². The predicted octanol–water partition coefficient (Wildman–Crippen LogP) is 1.48. The molecule has 0 saturated heterocycles. The summed E-state index contributed by atoms with van der Waals surface area (Å²) in [6, 6.07) is 9.26. The molecule has 2 N–H and O–H groups in total. The second-order valence-corrected chi connectivity index (χ2v) is 3.59. The van der Waals surface area contributed by atoms with Gasteiger partial charge in [-0.3, -0.25) is 0 Å². The van der Waals surface area contributed by atoms with Gasteiger partial charge in [-0.2, -0.15) is 0 Å². The molecule has 2 aromatic rings. The van der Waals surface area contributed by atoms with Crippen LogP contribution in [0.1, 0.15) is 15.9 Å². The highest BCUT2D eigenvalue weighted by molar-refractivity contribution is 5.89. The number of aromatic hydroxyl groups is 2. The lowest BCUT2D eigenvalue weighted by atomic mass is 10.1. The number of carbonyl (C=O) groups is 1. The van der Waals surface area contributed by atoms with Crippen molar-refractivity contribution in [2.24, 2.45) is 0 Å². The number of rotatable bonds is 2. The Morgan fingerprint density at radius 2 is 1.82 bits per heavy atom. The summed E-state index contributed by atoms with van der Waals surface area (Å²) in [5, 5.41) is 18.6. The van der Waals surface area contributed by atoms with Crippen molar-refractivity contribution in [3.8, 4) is 11.8 Å². The van der Waals surface area contributed by atoms with Crippen molar-refractivity contribution in [1.29, 1.82) is 0 Å². The third kappa shape index (κ3) is 2.23. The van der Waals surface area contributed by atoms with Gasteiger partial charge in [-0.25, -0.2) is 4.79 Å². The van der Waals surface area contributed by atoms with Gasteiger partial charge in [0.1, 0.15) is 0 Å². The van der Waals surface area contributed by atoms with Gasteiger partial charge < -0.3 is 15.1 Å². The molecule has 0 radical (unpaired) electrons. The Kier molecular flexibility index (Phi) is 2.74. The Morgan fingerprint density at radius 3 is 2.41 bits per heavy atom. The molecule has 1 aromatic heterocycles. The standard InChI is InChI=1S/C12H11NO4/c1-8-3-2-4-9(7-8)12(16)17-13-10(14)5-6-11(13)15/h2-7,14-15H,1H3. The average molecular weight is 233 g/mol. The molecule has 0 amide bonds. The predicted molar refractivity (Wildman–Crippen MR) is 59.9 cm³/mol. The maximum absolute atomic E-state index is 11.7. The van der Waals surface area contributed by atoms with Crippen LogP contribution in [0, 0.1) is 6.92 Å². The summed E-state index contributed by atoms with van der Waals surface area (Å²) >= 11 is 0. The van der Waals surface area contributed by atoms with Crippen LogP contribution in [0.15, 0.2) is 36.4 Å². The van der Waals surface area contributed by atoms with Crippen LogP contribution in [0.2, 0.25) is 0 Å². The minimum Gasteiger partial charge on any atom is -0.492 e. The first-order chi connectivity index (χ1) is 8.08. The maximum atomic E-state index is 11.7. The van der Waals surface area contributed by atoms with Crippen molar-refractivity contribution >= 4 is 5.97 Å². The van der Waals surface area contributed by atoms with Crippen LogP contribution in [-0.4, -0.2) is 20.9 Å². The fourth-order valence-corrected chi connectivity index (χ4v) is 1.40. The van der Waals surface area contributed by atoms with E-state index in [1.165, 1.54) is 12.1 Å². The molecule has 5 nitrogen and oxygen atoms in total. The average Bonchev–Trinajstić information content (AvgIpc) is 2.61. The van der Waals surface area contributed by atoms with Crippen molar-refractivity contribution in [2.45, 2.75) is 6.92 Å². The van der Waals surface area contributed by atoms with Gasteiger partial charge in [-0.15, -0.1) is 4.73 Å². The molecule has 0 spiro atoms. The van der Waals surface area contributed by atoms with Gasteiger partial charge in [0, 0.05) is 12.1 Å². The van der Waals surface area contributed by atoms with E-state index in [1.807, 2.05) is 13.0 Å². The first-order valence-electron chi connectivity index (χ1n) is 4.97. The Balaban J connectivity index is 2.23. The Labute approximate surface area is 97.5 Å². The van der Waals surface area contributed by atoms with Crippen molar-refractivity contribution in [3.05, 3.63) is 47.5 Å². The van der Waals surface area contributed by atoms with E-state index in [0.29, 0.717) is 10.3 Å². The van der Waals surface area contributed by atoms with Crippen LogP contribution in [-0.2, 0) is 0 Å². The highest BCUT2D eigenvalue weighted by Crippen LogP contribution is 2.19. The first kappa shape index (κ1) is 11.1. The summed E-state index contributed by atoms with van der Waals surface area (Å²) in [5.41, 5.74) is 1.26. The lowest BCUT2D eigenvalue weighted by Gasteiger charge is -2.06. The first-order valence-corrected chi connectivity index (χ1v) is 4.97. The molecule has 2 rings (SSSR count). The van der Waals surface area contributed by atoms with Crippen LogP contribution < -0.4 is 4.84 Å². The number of aryl methyl sites for hydroxylation is 1. The summed E-state index contributed by atoms with van der Waals surface area (Å²) in [6.45, 7) is 1.85. The van der Waals surface area contributed by atoms with Gasteiger partial charge >= 0.3 is 5.97 Å². The fraction of sp³-hybridized carbons (Fsp3) is 0.0833. The molecule has 0 atom stereocenters. The topological polar surface area (TPSA) is 71.7 Å². The van der Waals surface area contributed by atoms with Crippen molar-refractivity contribution < 1.29 is 19.8 Å². The summed E-state index contributed by atoms with van der Waals surface area (Å²) in [7, 11) is 0. The molecule has 1 heterocycles. The minimum atomic E-state index is -0.657. The molecule has 17 heavy (non-hydrogen) atoms. The van der Waals surface area contributed by atoms with Gasteiger partial charge in [0.25, 0.3) is 0 Å². The zero-order valence-electron chi connectivity index (χ0n) is 9.12. The van der Waals surface area contributed by atoms with Crippen molar-refractivity contribution in [2.75, 3.05) is 0 Å². The van der Waals surface area contributed by atoms with Crippen LogP contribution in [0.5, 0.6) is 11.8 Å². The molecule has 0 unspecified atom stereocenters. The zero-order chi connectivity index (χ0) is 12.4. The molecule has 88 valence electrons. The van der Waals surface area contributed by atoms with E-state index in [9.17, 15) is 15.0 Å². The zero-order valence-corrected chi connectivity index (χ0v) is 9.12. The van der Waals surface area contributed by atoms with Gasteiger partial charge in [0.05, 0.1) is 5.56 Å². The van der Waals surface area contributed by atoms with Gasteiger partial charge in [-0.05, 0) is 19.1 Å². The lowest BCUT2D eigenvalue weighted by molar-refractivity contribution is 0.0381. The minimum absolute atomic E-state index is 0.344. The van der Waals surface area contributed by atoms with Gasteiger partial charge in [0.2, 0.25) is 11.8 Å². The quantitative estimate of drug-likeness (QED) is 0.824. The second kappa shape index (κ2) is 4.21. The molecule has 5 heteroatoms. The lowest BCUT2D eigenvalue weighted by Crippen LogP contribution is -2.19. The molecule has 1 aromatic carbocycles. The van der Waals surface area contributed by atoms with Crippen LogP contribution >= 0.6 is 0 Å². The number of nitrogens with zero attached hydrogens (tertiary/aromatic N) is 1. The maximum Gasteiger partial charge on any atom is 0.363 e. The summed E-state index contributed by atoms with van der Waals surface area (Å²) in [5.74, 6) is -1.34. The summed E-state index contributed by atoms with van der Waals surface area (Å²) in [4.78, 5) is 16.5. The summed E-state index contributed by atoms with van der Waals surface area (Å²) < 4.78 is 0.657. The van der Waals surface area contributed by atoms with E-state index in [1.54, 1.807) is 18.2 Å². The third-order valence-corrected chi connectivity index (χ3v) is 2.23. The van der Waals surface area contributed by atoms with Crippen molar-refractivity contribution in [3.63, 3.8) is 0 Å². The smallest absolute Gasteiger partial charge is 0.363 e. The fourth-order valence-electron chi connectivity index (χ4n) is 1.40. The molecular weight excluding hydrogens is 222 g/mol. The normalized spacial score (nSPS) is 10.2. The number of aromatic nitrogens is 1. The largest absolute Gasteiger partial charge is 0.492 e. The third-order valence-electron chi connectivity index (χ3n) is 2.23. The van der Waals surface area contributed by atoms with Crippen LogP contribution in [0.25, 0.3) is 0 Å².